The zero-order chi connectivity index (χ0) is 23.5. The number of hydrogen-bond acceptors (Lipinski definition) is 5. The summed E-state index contributed by atoms with van der Waals surface area (Å²) in [6, 6.07) is 19.9. The Morgan fingerprint density at radius 2 is 1.67 bits per heavy atom. The molecule has 0 amide bonds. The minimum atomic E-state index is -1.12. The van der Waals surface area contributed by atoms with Crippen molar-refractivity contribution in [3.8, 4) is 0 Å². The van der Waals surface area contributed by atoms with E-state index in [0.29, 0.717) is 26.4 Å². The van der Waals surface area contributed by atoms with Crippen molar-refractivity contribution in [2.24, 2.45) is 0 Å². The number of benzene rings is 2. The number of allylic oxidation sites excluding steroid dienone is 3. The Morgan fingerprint density at radius 3 is 2.30 bits per heavy atom. The topological polar surface area (TPSA) is 57.2 Å². The first kappa shape index (κ1) is 25.3. The molecule has 1 aliphatic rings. The second kappa shape index (κ2) is 12.8. The van der Waals surface area contributed by atoms with Crippen molar-refractivity contribution in [2.75, 3.05) is 13.2 Å². The van der Waals surface area contributed by atoms with E-state index in [4.69, 9.17) is 18.9 Å². The van der Waals surface area contributed by atoms with Gasteiger partial charge in [0.2, 0.25) is 0 Å². The average molecular weight is 453 g/mol. The molecule has 0 aromatic heterocycles. The van der Waals surface area contributed by atoms with E-state index in [0.717, 1.165) is 23.1 Å². The average Bonchev–Trinajstić information content (AvgIpc) is 3.07. The second-order valence-electron chi connectivity index (χ2n) is 8.57. The van der Waals surface area contributed by atoms with Gasteiger partial charge in [0.25, 0.3) is 0 Å². The van der Waals surface area contributed by atoms with Gasteiger partial charge in [-0.2, -0.15) is 0 Å². The standard InChI is InChI=1S/C28H36O5/c1-4-5-8-13-22(2)18-31-26-25(21-30-19-23-14-9-6-10-15-23)33-27(29)28(26,3)32-20-24-16-11-7-12-17-24/h5-17,25-27,29H,4,18-21H2,1-3H3. The van der Waals surface area contributed by atoms with Crippen LogP contribution in [0.3, 0.4) is 0 Å². The molecule has 0 radical (unpaired) electrons. The van der Waals surface area contributed by atoms with Gasteiger partial charge in [-0.15, -0.1) is 0 Å². The Hall–Kier alpha value is -2.28. The van der Waals surface area contributed by atoms with Crippen molar-refractivity contribution in [2.45, 2.75) is 64.5 Å². The number of hydrogen-bond donors (Lipinski definition) is 1. The maximum Gasteiger partial charge on any atom is 0.187 e. The fraction of sp³-hybridized carbons (Fsp3) is 0.429. The summed E-state index contributed by atoms with van der Waals surface area (Å²) in [6.07, 6.45) is 5.08. The van der Waals surface area contributed by atoms with E-state index in [1.165, 1.54) is 0 Å². The molecular weight excluding hydrogens is 416 g/mol. The molecule has 2 aromatic rings. The monoisotopic (exact) mass is 452 g/mol. The summed E-state index contributed by atoms with van der Waals surface area (Å²) in [4.78, 5) is 0. The molecule has 4 atom stereocenters. The largest absolute Gasteiger partial charge is 0.374 e. The first-order valence-electron chi connectivity index (χ1n) is 11.6. The molecule has 178 valence electrons. The molecular formula is C28H36O5. The lowest BCUT2D eigenvalue weighted by atomic mass is 9.96. The smallest absolute Gasteiger partial charge is 0.187 e. The van der Waals surface area contributed by atoms with E-state index in [2.05, 4.69) is 13.0 Å². The molecule has 5 nitrogen and oxygen atoms in total. The third-order valence-corrected chi connectivity index (χ3v) is 5.73. The summed E-state index contributed by atoms with van der Waals surface area (Å²) in [7, 11) is 0. The Morgan fingerprint density at radius 1 is 1.03 bits per heavy atom. The summed E-state index contributed by atoms with van der Waals surface area (Å²) >= 11 is 0. The van der Waals surface area contributed by atoms with Gasteiger partial charge in [-0.3, -0.25) is 0 Å². The van der Waals surface area contributed by atoms with E-state index in [1.54, 1.807) is 0 Å². The molecule has 4 unspecified atom stereocenters. The second-order valence-corrected chi connectivity index (χ2v) is 8.57. The van der Waals surface area contributed by atoms with Gasteiger partial charge in [-0.05, 0) is 37.0 Å². The van der Waals surface area contributed by atoms with Gasteiger partial charge in [-0.1, -0.05) is 85.8 Å². The van der Waals surface area contributed by atoms with Crippen molar-refractivity contribution in [3.63, 3.8) is 0 Å². The van der Waals surface area contributed by atoms with Crippen LogP contribution < -0.4 is 0 Å². The number of aliphatic hydroxyl groups excluding tert-OH is 1. The van der Waals surface area contributed by atoms with Crippen molar-refractivity contribution in [1.29, 1.82) is 0 Å². The van der Waals surface area contributed by atoms with Crippen LogP contribution in [0.4, 0.5) is 0 Å². The molecule has 3 rings (SSSR count). The first-order valence-corrected chi connectivity index (χ1v) is 11.6. The van der Waals surface area contributed by atoms with Crippen LogP contribution in [0.2, 0.25) is 0 Å². The fourth-order valence-electron chi connectivity index (χ4n) is 3.75. The lowest BCUT2D eigenvalue weighted by molar-refractivity contribution is -0.202. The Labute approximate surface area is 197 Å². The molecule has 2 aromatic carbocycles. The van der Waals surface area contributed by atoms with Crippen LogP contribution in [0, 0.1) is 0 Å². The van der Waals surface area contributed by atoms with E-state index < -0.39 is 24.1 Å². The quantitative estimate of drug-likeness (QED) is 0.449. The van der Waals surface area contributed by atoms with Crippen LogP contribution in [0.1, 0.15) is 38.3 Å². The zero-order valence-corrected chi connectivity index (χ0v) is 19.9. The summed E-state index contributed by atoms with van der Waals surface area (Å²) in [5.41, 5.74) is 2.15. The van der Waals surface area contributed by atoms with E-state index in [-0.39, 0.29) is 0 Å². The van der Waals surface area contributed by atoms with Gasteiger partial charge < -0.3 is 24.1 Å². The van der Waals surface area contributed by atoms with Gasteiger partial charge in [0.05, 0.1) is 26.4 Å². The Kier molecular flexibility index (Phi) is 9.85. The fourth-order valence-corrected chi connectivity index (χ4v) is 3.75. The lowest BCUT2D eigenvalue weighted by Crippen LogP contribution is -2.50. The highest BCUT2D eigenvalue weighted by Crippen LogP contribution is 2.36. The molecule has 1 heterocycles. The molecule has 1 N–H and O–H groups in total. The SMILES string of the molecule is CCC=CC=C(C)COC1C(COCc2ccccc2)OC(O)C1(C)OCc1ccccc1. The normalized spacial score (nSPS) is 25.7. The van der Waals surface area contributed by atoms with Crippen molar-refractivity contribution in [3.05, 3.63) is 95.6 Å². The maximum atomic E-state index is 10.8. The lowest BCUT2D eigenvalue weighted by Gasteiger charge is -2.33. The molecule has 0 saturated carbocycles. The maximum absolute atomic E-state index is 10.8. The molecule has 0 spiro atoms. The van der Waals surface area contributed by atoms with E-state index >= 15 is 0 Å². The molecule has 33 heavy (non-hydrogen) atoms. The van der Waals surface area contributed by atoms with Crippen molar-refractivity contribution >= 4 is 0 Å². The number of ether oxygens (including phenoxy) is 4. The van der Waals surface area contributed by atoms with Gasteiger partial charge in [0.1, 0.15) is 17.8 Å². The predicted octanol–water partition coefficient (Wildman–Crippen LogP) is 5.19. The predicted molar refractivity (Wildman–Crippen MR) is 130 cm³/mol. The van der Waals surface area contributed by atoms with Crippen molar-refractivity contribution in [1.82, 2.24) is 0 Å². The summed E-state index contributed by atoms with van der Waals surface area (Å²) < 4.78 is 24.4. The van der Waals surface area contributed by atoms with Crippen LogP contribution in [0.5, 0.6) is 0 Å². The summed E-state index contributed by atoms with van der Waals surface area (Å²) in [5.74, 6) is 0. The van der Waals surface area contributed by atoms with Crippen LogP contribution in [-0.2, 0) is 32.2 Å². The van der Waals surface area contributed by atoms with E-state index in [1.807, 2.05) is 86.7 Å². The molecule has 1 fully saturated rings. The van der Waals surface area contributed by atoms with Crippen LogP contribution in [0.15, 0.2) is 84.5 Å². The minimum absolute atomic E-state index is 0.291. The van der Waals surface area contributed by atoms with Crippen LogP contribution in [0.25, 0.3) is 0 Å². The van der Waals surface area contributed by atoms with Gasteiger partial charge >= 0.3 is 0 Å². The van der Waals surface area contributed by atoms with Gasteiger partial charge in [-0.25, -0.2) is 0 Å². The van der Waals surface area contributed by atoms with Crippen molar-refractivity contribution < 1.29 is 24.1 Å². The van der Waals surface area contributed by atoms with E-state index in [9.17, 15) is 5.11 Å². The van der Waals surface area contributed by atoms with Crippen LogP contribution in [-0.4, -0.2) is 42.4 Å². The highest BCUT2D eigenvalue weighted by Gasteiger charge is 2.55. The summed E-state index contributed by atoms with van der Waals surface area (Å²) in [6.45, 7) is 7.49. The number of aliphatic hydroxyl groups is 1. The molecule has 0 aliphatic carbocycles. The third kappa shape index (κ3) is 7.36. The molecule has 1 aliphatic heterocycles. The third-order valence-electron chi connectivity index (χ3n) is 5.73. The minimum Gasteiger partial charge on any atom is -0.374 e. The molecule has 0 bridgehead atoms. The Bertz CT molecular complexity index is 880. The highest BCUT2D eigenvalue weighted by atomic mass is 16.7. The van der Waals surface area contributed by atoms with Crippen LogP contribution >= 0.6 is 0 Å². The summed E-state index contributed by atoms with van der Waals surface area (Å²) in [5, 5.41) is 10.8. The van der Waals surface area contributed by atoms with Gasteiger partial charge in [0.15, 0.2) is 6.29 Å². The Balaban J connectivity index is 1.68. The highest BCUT2D eigenvalue weighted by molar-refractivity contribution is 5.15. The van der Waals surface area contributed by atoms with Gasteiger partial charge in [0, 0.05) is 0 Å². The first-order chi connectivity index (χ1) is 16.0. The molecule has 5 heteroatoms. The zero-order valence-electron chi connectivity index (χ0n) is 19.9. The molecule has 1 saturated heterocycles. The number of rotatable bonds is 12.